The zero-order valence-electron chi connectivity index (χ0n) is 13.2. The lowest BCUT2D eigenvalue weighted by molar-refractivity contribution is 0.443. The molecule has 8 nitrogen and oxygen atoms in total. The Bertz CT molecular complexity index is 627. The van der Waals surface area contributed by atoms with Crippen molar-refractivity contribution in [3.63, 3.8) is 0 Å². The van der Waals surface area contributed by atoms with Gasteiger partial charge in [-0.15, -0.1) is 0 Å². The van der Waals surface area contributed by atoms with Crippen LogP contribution in [0.15, 0.2) is 4.99 Å². The maximum atomic E-state index is 12.2. The molecule has 0 spiro atoms. The third kappa shape index (κ3) is 5.80. The van der Waals surface area contributed by atoms with Crippen molar-refractivity contribution in [1.82, 2.24) is 14.9 Å². The van der Waals surface area contributed by atoms with Gasteiger partial charge in [-0.1, -0.05) is 0 Å². The molecule has 1 atom stereocenters. The van der Waals surface area contributed by atoms with Crippen molar-refractivity contribution in [3.05, 3.63) is 0 Å². The predicted molar refractivity (Wildman–Crippen MR) is 94.2 cm³/mol. The Morgan fingerprint density at radius 1 is 1.35 bits per heavy atom. The second-order valence-corrected chi connectivity index (χ2v) is 11.1. The average Bonchev–Trinajstić information content (AvgIpc) is 2.86. The molecular weight excluding hydrogens is 360 g/mol. The van der Waals surface area contributed by atoms with Gasteiger partial charge in [-0.25, -0.2) is 21.1 Å². The van der Waals surface area contributed by atoms with E-state index in [1.807, 2.05) is 0 Å². The van der Waals surface area contributed by atoms with Gasteiger partial charge in [-0.2, -0.15) is 11.8 Å². The van der Waals surface area contributed by atoms with E-state index in [4.69, 9.17) is 0 Å². The number of thioether (sulfide) groups is 1. The van der Waals surface area contributed by atoms with E-state index in [0.717, 1.165) is 11.5 Å². The van der Waals surface area contributed by atoms with E-state index in [-0.39, 0.29) is 29.8 Å². The molecule has 2 saturated heterocycles. The van der Waals surface area contributed by atoms with Gasteiger partial charge in [-0.3, -0.25) is 4.99 Å². The van der Waals surface area contributed by atoms with Crippen LogP contribution < -0.4 is 10.6 Å². The van der Waals surface area contributed by atoms with E-state index >= 15 is 0 Å². The summed E-state index contributed by atoms with van der Waals surface area (Å²) >= 11 is 1.76. The lowest BCUT2D eigenvalue weighted by Crippen LogP contribution is -2.47. The van der Waals surface area contributed by atoms with Crippen molar-refractivity contribution in [2.75, 3.05) is 55.4 Å². The topological polar surface area (TPSA) is 108 Å². The molecule has 2 aliphatic rings. The molecule has 2 rings (SSSR count). The summed E-state index contributed by atoms with van der Waals surface area (Å²) in [6, 6.07) is -0.165. The number of sulfone groups is 1. The molecule has 0 aromatic carbocycles. The molecule has 0 saturated carbocycles. The summed E-state index contributed by atoms with van der Waals surface area (Å²) in [7, 11) is -4.63. The third-order valence-electron chi connectivity index (χ3n) is 3.81. The highest BCUT2D eigenvalue weighted by Gasteiger charge is 2.28. The predicted octanol–water partition coefficient (Wildman–Crippen LogP) is -1.28. The summed E-state index contributed by atoms with van der Waals surface area (Å²) in [6.07, 6.45) is 0.548. The molecule has 0 bridgehead atoms. The molecule has 11 heteroatoms. The summed E-state index contributed by atoms with van der Waals surface area (Å²) in [5, 5.41) is 5.99. The quantitative estimate of drug-likeness (QED) is 0.449. The fraction of sp³-hybridized carbons (Fsp3) is 0.917. The molecule has 2 N–H and O–H groups in total. The number of rotatable bonds is 5. The van der Waals surface area contributed by atoms with Crippen LogP contribution in [-0.4, -0.2) is 88.6 Å². The summed E-state index contributed by atoms with van der Waals surface area (Å²) < 4.78 is 48.9. The first kappa shape index (κ1) is 18.8. The van der Waals surface area contributed by atoms with Crippen LogP contribution in [0.5, 0.6) is 0 Å². The molecule has 0 aliphatic carbocycles. The maximum Gasteiger partial charge on any atom is 0.215 e. The number of hydrogen-bond acceptors (Lipinski definition) is 6. The number of nitrogens with zero attached hydrogens (tertiary/aromatic N) is 2. The molecule has 2 fully saturated rings. The minimum Gasteiger partial charge on any atom is -0.355 e. The number of sulfonamides is 1. The summed E-state index contributed by atoms with van der Waals surface area (Å²) in [4.78, 5) is 4.02. The third-order valence-corrected chi connectivity index (χ3v) is 8.40. The Labute approximate surface area is 142 Å². The lowest BCUT2D eigenvalue weighted by Gasteiger charge is -2.25. The number of guanidine groups is 1. The van der Waals surface area contributed by atoms with Gasteiger partial charge in [0.1, 0.15) is 0 Å². The Balaban J connectivity index is 1.77. The van der Waals surface area contributed by atoms with Crippen molar-refractivity contribution in [2.24, 2.45) is 4.99 Å². The molecule has 2 aliphatic heterocycles. The molecule has 0 radical (unpaired) electrons. The summed E-state index contributed by atoms with van der Waals surface area (Å²) in [6.45, 7) is 1.38. The van der Waals surface area contributed by atoms with Gasteiger partial charge in [0.2, 0.25) is 10.0 Å². The van der Waals surface area contributed by atoms with Crippen LogP contribution >= 0.6 is 11.8 Å². The van der Waals surface area contributed by atoms with Gasteiger partial charge < -0.3 is 10.6 Å². The standard InChI is InChI=1S/C12H24N4O4S3/c1-13-12(15-11-2-8-22(17,18)10-11)14-3-9-23(19,20)16-4-6-21-7-5-16/h11H,2-10H2,1H3,(H2,13,14,15). The first-order valence-corrected chi connectivity index (χ1v) is 12.1. The molecular formula is C12H24N4O4S3. The first-order valence-electron chi connectivity index (χ1n) is 7.55. The summed E-state index contributed by atoms with van der Waals surface area (Å²) in [5.74, 6) is 2.40. The largest absolute Gasteiger partial charge is 0.355 e. The van der Waals surface area contributed by atoms with Crippen molar-refractivity contribution >= 4 is 37.6 Å². The monoisotopic (exact) mass is 384 g/mol. The van der Waals surface area contributed by atoms with E-state index in [0.29, 0.717) is 25.5 Å². The summed E-state index contributed by atoms with van der Waals surface area (Å²) in [5.41, 5.74) is 0. The van der Waals surface area contributed by atoms with E-state index in [2.05, 4.69) is 15.6 Å². The highest BCUT2D eigenvalue weighted by Crippen LogP contribution is 2.13. The Hall–Kier alpha value is -0.520. The number of nitrogens with one attached hydrogen (secondary N) is 2. The minimum atomic E-state index is -3.25. The SMILES string of the molecule is CN=C(NCCS(=O)(=O)N1CCSCC1)NC1CCS(=O)(=O)C1. The number of hydrogen-bond donors (Lipinski definition) is 2. The second-order valence-electron chi connectivity index (χ2n) is 5.57. The van der Waals surface area contributed by atoms with Crippen molar-refractivity contribution in [2.45, 2.75) is 12.5 Å². The minimum absolute atomic E-state index is 0.00132. The van der Waals surface area contributed by atoms with Gasteiger partial charge in [0.15, 0.2) is 15.8 Å². The Kier molecular flexibility index (Phi) is 6.57. The van der Waals surface area contributed by atoms with Crippen LogP contribution in [0.2, 0.25) is 0 Å². The van der Waals surface area contributed by atoms with E-state index in [1.165, 1.54) is 4.31 Å². The van der Waals surface area contributed by atoms with E-state index in [9.17, 15) is 16.8 Å². The Morgan fingerprint density at radius 3 is 2.61 bits per heavy atom. The molecule has 0 amide bonds. The Morgan fingerprint density at radius 2 is 2.04 bits per heavy atom. The molecule has 23 heavy (non-hydrogen) atoms. The maximum absolute atomic E-state index is 12.2. The van der Waals surface area contributed by atoms with E-state index < -0.39 is 19.9 Å². The van der Waals surface area contributed by atoms with Crippen LogP contribution in [0.3, 0.4) is 0 Å². The van der Waals surface area contributed by atoms with Crippen molar-refractivity contribution in [1.29, 1.82) is 0 Å². The van der Waals surface area contributed by atoms with Crippen LogP contribution in [0, 0.1) is 0 Å². The van der Waals surface area contributed by atoms with Crippen LogP contribution in [0.1, 0.15) is 6.42 Å². The van der Waals surface area contributed by atoms with Gasteiger partial charge in [-0.05, 0) is 6.42 Å². The van der Waals surface area contributed by atoms with Crippen molar-refractivity contribution < 1.29 is 16.8 Å². The van der Waals surface area contributed by atoms with Crippen LogP contribution in [-0.2, 0) is 19.9 Å². The molecule has 134 valence electrons. The van der Waals surface area contributed by atoms with E-state index in [1.54, 1.807) is 18.8 Å². The van der Waals surface area contributed by atoms with Crippen LogP contribution in [0.25, 0.3) is 0 Å². The molecule has 2 heterocycles. The highest BCUT2D eigenvalue weighted by atomic mass is 32.2. The van der Waals surface area contributed by atoms with Crippen LogP contribution in [0.4, 0.5) is 0 Å². The molecule has 1 unspecified atom stereocenters. The average molecular weight is 385 g/mol. The van der Waals surface area contributed by atoms with Crippen molar-refractivity contribution in [3.8, 4) is 0 Å². The normalized spacial score (nSPS) is 26.1. The van der Waals surface area contributed by atoms with Gasteiger partial charge in [0, 0.05) is 44.2 Å². The smallest absolute Gasteiger partial charge is 0.215 e. The van der Waals surface area contributed by atoms with Gasteiger partial charge in [0.25, 0.3) is 0 Å². The number of aliphatic imine (C=N–C) groups is 1. The molecule has 0 aromatic heterocycles. The van der Waals surface area contributed by atoms with Gasteiger partial charge in [0.05, 0.1) is 17.3 Å². The lowest BCUT2D eigenvalue weighted by atomic mass is 10.3. The zero-order valence-corrected chi connectivity index (χ0v) is 15.6. The first-order chi connectivity index (χ1) is 10.8. The molecule has 0 aromatic rings. The zero-order chi connectivity index (χ0) is 16.9. The van der Waals surface area contributed by atoms with Gasteiger partial charge >= 0.3 is 0 Å². The fourth-order valence-corrected chi connectivity index (χ4v) is 6.71. The fourth-order valence-electron chi connectivity index (χ4n) is 2.55. The second kappa shape index (κ2) is 8.04. The highest BCUT2D eigenvalue weighted by molar-refractivity contribution is 7.99.